The Labute approximate surface area is 108 Å². The summed E-state index contributed by atoms with van der Waals surface area (Å²) in [4.78, 5) is 0. The van der Waals surface area contributed by atoms with Crippen molar-refractivity contribution in [3.63, 3.8) is 0 Å². The second-order valence-corrected chi connectivity index (χ2v) is 5.14. The molecule has 0 saturated carbocycles. The summed E-state index contributed by atoms with van der Waals surface area (Å²) in [5.41, 5.74) is 1.18. The maximum absolute atomic E-state index is 12.4. The maximum Gasteiger partial charge on any atom is 0.408 e. The number of piperidine rings is 1. The van der Waals surface area contributed by atoms with Crippen LogP contribution in [-0.2, 0) is 23.3 Å². The SMILES string of the molecule is FC(F)(F)Cn1cc2c(n1)CCOC21CCNCC1. The molecule has 3 rings (SSSR count). The van der Waals surface area contributed by atoms with Gasteiger partial charge in [-0.1, -0.05) is 0 Å². The molecule has 19 heavy (non-hydrogen) atoms. The van der Waals surface area contributed by atoms with Gasteiger partial charge in [0.05, 0.1) is 17.9 Å². The summed E-state index contributed by atoms with van der Waals surface area (Å²) < 4.78 is 44.2. The molecule has 106 valence electrons. The first kappa shape index (κ1) is 12.9. The summed E-state index contributed by atoms with van der Waals surface area (Å²) in [5, 5.41) is 7.33. The molecule has 1 aromatic rings. The van der Waals surface area contributed by atoms with E-state index in [4.69, 9.17) is 4.74 Å². The standard InChI is InChI=1S/C12H16F3N3O/c13-12(14,15)8-18-7-9-10(17-18)1-6-19-11(9)2-4-16-5-3-11/h7,16H,1-6,8H2. The molecule has 0 aliphatic carbocycles. The van der Waals surface area contributed by atoms with Gasteiger partial charge in [0, 0.05) is 18.2 Å². The van der Waals surface area contributed by atoms with Crippen LogP contribution in [-0.4, -0.2) is 35.7 Å². The lowest BCUT2D eigenvalue weighted by molar-refractivity contribution is -0.142. The molecule has 2 aliphatic rings. The van der Waals surface area contributed by atoms with Gasteiger partial charge >= 0.3 is 6.18 Å². The number of hydrogen-bond acceptors (Lipinski definition) is 3. The fourth-order valence-electron chi connectivity index (χ4n) is 2.96. The number of ether oxygens (including phenoxy) is 1. The van der Waals surface area contributed by atoms with Gasteiger partial charge in [-0.25, -0.2) is 0 Å². The minimum absolute atomic E-state index is 0.428. The highest BCUT2D eigenvalue weighted by atomic mass is 19.4. The normalized spacial score (nSPS) is 22.5. The van der Waals surface area contributed by atoms with E-state index in [2.05, 4.69) is 10.4 Å². The van der Waals surface area contributed by atoms with Crippen molar-refractivity contribution >= 4 is 0 Å². The molecule has 0 bridgehead atoms. The third-order valence-electron chi connectivity index (χ3n) is 3.80. The van der Waals surface area contributed by atoms with Crippen LogP contribution in [0, 0.1) is 0 Å². The van der Waals surface area contributed by atoms with Crippen molar-refractivity contribution in [2.75, 3.05) is 19.7 Å². The van der Waals surface area contributed by atoms with Gasteiger partial charge in [0.15, 0.2) is 0 Å². The number of alkyl halides is 3. The van der Waals surface area contributed by atoms with E-state index in [1.165, 1.54) is 6.20 Å². The number of hydrogen-bond donors (Lipinski definition) is 1. The van der Waals surface area contributed by atoms with Crippen LogP contribution in [0.2, 0.25) is 0 Å². The van der Waals surface area contributed by atoms with Crippen LogP contribution in [0.4, 0.5) is 13.2 Å². The first-order valence-electron chi connectivity index (χ1n) is 6.47. The Bertz CT molecular complexity index is 463. The Morgan fingerprint density at radius 3 is 2.79 bits per heavy atom. The van der Waals surface area contributed by atoms with E-state index < -0.39 is 18.3 Å². The molecule has 1 aromatic heterocycles. The molecule has 1 N–H and O–H groups in total. The van der Waals surface area contributed by atoms with Crippen LogP contribution in [0.1, 0.15) is 24.1 Å². The maximum atomic E-state index is 12.4. The molecular formula is C12H16F3N3O. The van der Waals surface area contributed by atoms with Crippen molar-refractivity contribution < 1.29 is 17.9 Å². The summed E-state index contributed by atoms with van der Waals surface area (Å²) >= 11 is 0. The fraction of sp³-hybridized carbons (Fsp3) is 0.750. The first-order valence-corrected chi connectivity index (χ1v) is 6.47. The number of halogens is 3. The second kappa shape index (κ2) is 4.49. The molecule has 3 heterocycles. The molecule has 0 aromatic carbocycles. The van der Waals surface area contributed by atoms with Crippen LogP contribution in [0.15, 0.2) is 6.20 Å². The van der Waals surface area contributed by atoms with Crippen molar-refractivity contribution in [2.45, 2.75) is 37.6 Å². The summed E-state index contributed by atoms with van der Waals surface area (Å²) in [6.07, 6.45) is -0.547. The van der Waals surface area contributed by atoms with Gasteiger partial charge in [-0.15, -0.1) is 0 Å². The molecule has 1 spiro atoms. The number of nitrogens with one attached hydrogen (secondary N) is 1. The van der Waals surface area contributed by atoms with E-state index in [1.54, 1.807) is 0 Å². The highest BCUT2D eigenvalue weighted by Crippen LogP contribution is 2.39. The van der Waals surface area contributed by atoms with E-state index >= 15 is 0 Å². The zero-order valence-corrected chi connectivity index (χ0v) is 10.5. The quantitative estimate of drug-likeness (QED) is 0.846. The molecule has 1 saturated heterocycles. The van der Waals surface area contributed by atoms with E-state index in [9.17, 15) is 13.2 Å². The topological polar surface area (TPSA) is 39.1 Å². The number of rotatable bonds is 1. The van der Waals surface area contributed by atoms with Gasteiger partial charge in [-0.2, -0.15) is 18.3 Å². The smallest absolute Gasteiger partial charge is 0.370 e. The van der Waals surface area contributed by atoms with Crippen molar-refractivity contribution in [3.05, 3.63) is 17.5 Å². The van der Waals surface area contributed by atoms with E-state index in [-0.39, 0.29) is 0 Å². The third kappa shape index (κ3) is 2.49. The van der Waals surface area contributed by atoms with E-state index in [0.29, 0.717) is 13.0 Å². The third-order valence-corrected chi connectivity index (χ3v) is 3.80. The molecule has 0 radical (unpaired) electrons. The zero-order chi connectivity index (χ0) is 13.5. The fourth-order valence-corrected chi connectivity index (χ4v) is 2.96. The van der Waals surface area contributed by atoms with Gasteiger partial charge in [0.25, 0.3) is 0 Å². The number of nitrogens with zero attached hydrogens (tertiary/aromatic N) is 2. The predicted octanol–water partition coefficient (Wildman–Crippen LogP) is 1.60. The second-order valence-electron chi connectivity index (χ2n) is 5.14. The Morgan fingerprint density at radius 2 is 2.11 bits per heavy atom. The Kier molecular flexibility index (Phi) is 3.05. The Hall–Kier alpha value is -1.08. The summed E-state index contributed by atoms with van der Waals surface area (Å²) in [5.74, 6) is 0. The molecule has 1 fully saturated rings. The summed E-state index contributed by atoms with van der Waals surface area (Å²) in [6, 6.07) is 0. The average Bonchev–Trinajstić information content (AvgIpc) is 2.72. The van der Waals surface area contributed by atoms with Crippen LogP contribution in [0.25, 0.3) is 0 Å². The van der Waals surface area contributed by atoms with Crippen LogP contribution < -0.4 is 5.32 Å². The molecule has 2 aliphatic heterocycles. The number of fused-ring (bicyclic) bond motifs is 2. The molecule has 7 heteroatoms. The average molecular weight is 275 g/mol. The first-order chi connectivity index (χ1) is 8.99. The predicted molar refractivity (Wildman–Crippen MR) is 61.7 cm³/mol. The van der Waals surface area contributed by atoms with Crippen LogP contribution >= 0.6 is 0 Å². The molecule has 4 nitrogen and oxygen atoms in total. The highest BCUT2D eigenvalue weighted by molar-refractivity contribution is 5.28. The highest BCUT2D eigenvalue weighted by Gasteiger charge is 2.41. The Balaban J connectivity index is 1.91. The van der Waals surface area contributed by atoms with Crippen molar-refractivity contribution in [1.29, 1.82) is 0 Å². The lowest BCUT2D eigenvalue weighted by atomic mass is 9.83. The van der Waals surface area contributed by atoms with E-state index in [0.717, 1.165) is 41.9 Å². The largest absolute Gasteiger partial charge is 0.408 e. The molecular weight excluding hydrogens is 259 g/mol. The summed E-state index contributed by atoms with van der Waals surface area (Å²) in [6.45, 7) is 1.15. The van der Waals surface area contributed by atoms with Crippen molar-refractivity contribution in [2.24, 2.45) is 0 Å². The van der Waals surface area contributed by atoms with Crippen LogP contribution in [0.3, 0.4) is 0 Å². The van der Waals surface area contributed by atoms with Gasteiger partial charge in [-0.3, -0.25) is 4.68 Å². The van der Waals surface area contributed by atoms with Crippen molar-refractivity contribution in [3.8, 4) is 0 Å². The van der Waals surface area contributed by atoms with Gasteiger partial charge < -0.3 is 10.1 Å². The lowest BCUT2D eigenvalue weighted by Gasteiger charge is -2.40. The lowest BCUT2D eigenvalue weighted by Crippen LogP contribution is -2.44. The molecule has 0 atom stereocenters. The summed E-state index contributed by atoms with van der Waals surface area (Å²) in [7, 11) is 0. The van der Waals surface area contributed by atoms with Gasteiger partial charge in [0.2, 0.25) is 0 Å². The molecule has 0 unspecified atom stereocenters. The van der Waals surface area contributed by atoms with Gasteiger partial charge in [0.1, 0.15) is 6.54 Å². The molecule has 0 amide bonds. The monoisotopic (exact) mass is 275 g/mol. The van der Waals surface area contributed by atoms with Crippen LogP contribution in [0.5, 0.6) is 0 Å². The van der Waals surface area contributed by atoms with E-state index in [1.807, 2.05) is 0 Å². The zero-order valence-electron chi connectivity index (χ0n) is 10.5. The number of aromatic nitrogens is 2. The van der Waals surface area contributed by atoms with Gasteiger partial charge in [-0.05, 0) is 25.9 Å². The Morgan fingerprint density at radius 1 is 1.37 bits per heavy atom. The minimum Gasteiger partial charge on any atom is -0.370 e. The van der Waals surface area contributed by atoms with Crippen molar-refractivity contribution in [1.82, 2.24) is 15.1 Å². The minimum atomic E-state index is -4.24.